The van der Waals surface area contributed by atoms with Crippen LogP contribution >= 0.6 is 11.6 Å². The summed E-state index contributed by atoms with van der Waals surface area (Å²) in [5.41, 5.74) is -0.916. The summed E-state index contributed by atoms with van der Waals surface area (Å²) in [6.45, 7) is 4.20. The molecule has 10 heteroatoms. The monoisotopic (exact) mass is 413 g/mol. The molecule has 2 aromatic rings. The molecule has 0 radical (unpaired) electrons. The maximum absolute atomic E-state index is 12.9. The smallest absolute Gasteiger partial charge is 0.338 e. The summed E-state index contributed by atoms with van der Waals surface area (Å²) in [6, 6.07) is 4.07. The lowest BCUT2D eigenvalue weighted by atomic mass is 10.1. The van der Waals surface area contributed by atoms with E-state index in [2.05, 4.69) is 15.3 Å². The van der Waals surface area contributed by atoms with Crippen LogP contribution in [-0.4, -0.2) is 53.0 Å². The summed E-state index contributed by atoms with van der Waals surface area (Å²) >= 11 is 5.95. The highest BCUT2D eigenvalue weighted by atomic mass is 35.5. The van der Waals surface area contributed by atoms with Gasteiger partial charge < -0.3 is 10.2 Å². The minimum Gasteiger partial charge on any atom is -0.338 e. The van der Waals surface area contributed by atoms with Crippen molar-refractivity contribution in [2.45, 2.75) is 19.1 Å². The van der Waals surface area contributed by atoms with E-state index in [0.29, 0.717) is 32.1 Å². The van der Waals surface area contributed by atoms with Crippen LogP contribution < -0.4 is 10.2 Å². The number of anilines is 2. The number of aromatic nitrogens is 2. The third kappa shape index (κ3) is 4.71. The van der Waals surface area contributed by atoms with Gasteiger partial charge in [-0.25, -0.2) is 9.97 Å². The highest BCUT2D eigenvalue weighted by Crippen LogP contribution is 2.34. The molecular formula is C18H19ClF3N5O. The van der Waals surface area contributed by atoms with E-state index in [-0.39, 0.29) is 10.7 Å². The Balaban J connectivity index is 1.61. The van der Waals surface area contributed by atoms with Crippen molar-refractivity contribution in [2.75, 3.05) is 36.4 Å². The zero-order chi connectivity index (χ0) is 20.3. The van der Waals surface area contributed by atoms with Crippen LogP contribution in [0.1, 0.15) is 12.5 Å². The number of piperazine rings is 1. The van der Waals surface area contributed by atoms with E-state index in [1.807, 2.05) is 9.80 Å². The molecule has 0 bridgehead atoms. The highest BCUT2D eigenvalue weighted by molar-refractivity contribution is 6.33. The molecule has 1 saturated heterocycles. The van der Waals surface area contributed by atoms with Crippen molar-refractivity contribution < 1.29 is 18.0 Å². The fraction of sp³-hybridized carbons (Fsp3) is 0.389. The first kappa shape index (κ1) is 20.3. The van der Waals surface area contributed by atoms with Crippen LogP contribution in [0.25, 0.3) is 0 Å². The fourth-order valence-corrected chi connectivity index (χ4v) is 3.13. The summed E-state index contributed by atoms with van der Waals surface area (Å²) in [5, 5.41) is 2.57. The van der Waals surface area contributed by atoms with E-state index >= 15 is 0 Å². The second-order valence-corrected chi connectivity index (χ2v) is 6.84. The molecule has 1 aromatic heterocycles. The standard InChI is InChI=1S/C18H19ClF3N5O/c1-12(26-7-9-27(10-8-26)17-23-5-2-6-24-17)16(28)25-15-11-13(18(20,21)22)3-4-14(15)19/h2-6,11-12H,7-10H2,1H3,(H,25,28)/t12-/m0/s1. The SMILES string of the molecule is C[C@@H](C(=O)Nc1cc(C(F)(F)F)ccc1Cl)N1CCN(c2ncccn2)CC1. The number of alkyl halides is 3. The second kappa shape index (κ2) is 8.32. The normalized spacial score (nSPS) is 16.7. The minimum atomic E-state index is -4.51. The first-order valence-electron chi connectivity index (χ1n) is 8.69. The van der Waals surface area contributed by atoms with Gasteiger partial charge >= 0.3 is 6.18 Å². The molecule has 0 unspecified atom stereocenters. The molecule has 0 aliphatic carbocycles. The molecule has 1 N–H and O–H groups in total. The zero-order valence-electron chi connectivity index (χ0n) is 15.1. The van der Waals surface area contributed by atoms with Crippen molar-refractivity contribution in [3.8, 4) is 0 Å². The van der Waals surface area contributed by atoms with Crippen molar-refractivity contribution in [1.82, 2.24) is 14.9 Å². The summed E-state index contributed by atoms with van der Waals surface area (Å²) in [5.74, 6) is 0.223. The molecule has 2 heterocycles. The van der Waals surface area contributed by atoms with E-state index in [1.165, 1.54) is 0 Å². The molecule has 150 valence electrons. The molecule has 6 nitrogen and oxygen atoms in total. The number of amides is 1. The topological polar surface area (TPSA) is 61.4 Å². The lowest BCUT2D eigenvalue weighted by Crippen LogP contribution is -2.53. The maximum Gasteiger partial charge on any atom is 0.416 e. The molecule has 1 aromatic carbocycles. The Kier molecular flexibility index (Phi) is 6.04. The lowest BCUT2D eigenvalue weighted by Gasteiger charge is -2.37. The van der Waals surface area contributed by atoms with Crippen molar-refractivity contribution >= 4 is 29.1 Å². The zero-order valence-corrected chi connectivity index (χ0v) is 15.8. The van der Waals surface area contributed by atoms with Crippen LogP contribution in [-0.2, 0) is 11.0 Å². The first-order valence-corrected chi connectivity index (χ1v) is 9.07. The third-order valence-electron chi connectivity index (χ3n) is 4.63. The Hall–Kier alpha value is -2.39. The molecule has 1 fully saturated rings. The van der Waals surface area contributed by atoms with E-state index in [0.717, 1.165) is 18.2 Å². The number of halogens is 4. The highest BCUT2D eigenvalue weighted by Gasteiger charge is 2.32. The molecule has 1 aliphatic rings. The quantitative estimate of drug-likeness (QED) is 0.833. The van der Waals surface area contributed by atoms with Crippen LogP contribution in [0.4, 0.5) is 24.8 Å². The number of rotatable bonds is 4. The van der Waals surface area contributed by atoms with E-state index in [1.54, 1.807) is 25.4 Å². The average molecular weight is 414 g/mol. The van der Waals surface area contributed by atoms with Gasteiger partial charge in [0.2, 0.25) is 11.9 Å². The van der Waals surface area contributed by atoms with E-state index in [4.69, 9.17) is 11.6 Å². The Morgan fingerprint density at radius 3 is 2.43 bits per heavy atom. The summed E-state index contributed by atoms with van der Waals surface area (Å²) in [4.78, 5) is 24.9. The third-order valence-corrected chi connectivity index (χ3v) is 4.96. The van der Waals surface area contributed by atoms with E-state index < -0.39 is 23.7 Å². The number of hydrogen-bond donors (Lipinski definition) is 1. The number of benzene rings is 1. The van der Waals surface area contributed by atoms with Gasteiger partial charge in [0.1, 0.15) is 0 Å². The summed E-state index contributed by atoms with van der Waals surface area (Å²) < 4.78 is 38.7. The van der Waals surface area contributed by atoms with Crippen molar-refractivity contribution in [2.24, 2.45) is 0 Å². The van der Waals surface area contributed by atoms with Crippen LogP contribution in [0.15, 0.2) is 36.7 Å². The average Bonchev–Trinajstić information content (AvgIpc) is 2.69. The fourth-order valence-electron chi connectivity index (χ4n) is 2.96. The minimum absolute atomic E-state index is 0.0512. The van der Waals surface area contributed by atoms with Crippen LogP contribution in [0.3, 0.4) is 0 Å². The molecule has 0 saturated carbocycles. The van der Waals surface area contributed by atoms with Gasteiger partial charge in [0.15, 0.2) is 0 Å². The Bertz CT molecular complexity index is 826. The maximum atomic E-state index is 12.9. The van der Waals surface area contributed by atoms with Crippen molar-refractivity contribution in [1.29, 1.82) is 0 Å². The van der Waals surface area contributed by atoms with Gasteiger partial charge in [-0.3, -0.25) is 9.69 Å². The number of nitrogens with one attached hydrogen (secondary N) is 1. The van der Waals surface area contributed by atoms with Crippen molar-refractivity contribution in [3.63, 3.8) is 0 Å². The first-order chi connectivity index (χ1) is 13.3. The Labute approximate surface area is 165 Å². The molecule has 1 aliphatic heterocycles. The predicted octanol–water partition coefficient (Wildman–Crippen LogP) is 3.30. The molecular weight excluding hydrogens is 395 g/mol. The number of carbonyl (C=O) groups is 1. The second-order valence-electron chi connectivity index (χ2n) is 6.43. The molecule has 0 spiro atoms. The van der Waals surface area contributed by atoms with Crippen LogP contribution in [0.2, 0.25) is 5.02 Å². The van der Waals surface area contributed by atoms with Crippen molar-refractivity contribution in [3.05, 3.63) is 47.2 Å². The van der Waals surface area contributed by atoms with Gasteiger partial charge in [0.05, 0.1) is 22.3 Å². The van der Waals surface area contributed by atoms with Gasteiger partial charge in [-0.05, 0) is 31.2 Å². The van der Waals surface area contributed by atoms with Gasteiger partial charge in [-0.1, -0.05) is 11.6 Å². The Morgan fingerprint density at radius 2 is 1.82 bits per heavy atom. The molecule has 3 rings (SSSR count). The number of hydrogen-bond acceptors (Lipinski definition) is 5. The van der Waals surface area contributed by atoms with Gasteiger partial charge in [-0.15, -0.1) is 0 Å². The number of nitrogens with zero attached hydrogens (tertiary/aromatic N) is 4. The molecule has 28 heavy (non-hydrogen) atoms. The molecule has 1 atom stereocenters. The van der Waals surface area contributed by atoms with Crippen LogP contribution in [0, 0.1) is 0 Å². The lowest BCUT2D eigenvalue weighted by molar-refractivity contribution is -0.137. The largest absolute Gasteiger partial charge is 0.416 e. The Morgan fingerprint density at radius 1 is 1.18 bits per heavy atom. The van der Waals surface area contributed by atoms with Crippen LogP contribution in [0.5, 0.6) is 0 Å². The van der Waals surface area contributed by atoms with Gasteiger partial charge in [-0.2, -0.15) is 13.2 Å². The van der Waals surface area contributed by atoms with Gasteiger partial charge in [0, 0.05) is 38.6 Å². The summed E-state index contributed by atoms with van der Waals surface area (Å²) in [7, 11) is 0. The summed E-state index contributed by atoms with van der Waals surface area (Å²) in [6.07, 6.45) is -1.17. The van der Waals surface area contributed by atoms with Gasteiger partial charge in [0.25, 0.3) is 0 Å². The van der Waals surface area contributed by atoms with E-state index in [9.17, 15) is 18.0 Å². The predicted molar refractivity (Wildman–Crippen MR) is 100 cm³/mol. The number of carbonyl (C=O) groups excluding carboxylic acids is 1. The molecule has 1 amide bonds.